The molecule has 1 aliphatic heterocycles. The number of ether oxygens (including phenoxy) is 3. The Morgan fingerprint density at radius 1 is 1.12 bits per heavy atom. The number of rotatable bonds is 8. The highest BCUT2D eigenvalue weighted by molar-refractivity contribution is 5.96. The van der Waals surface area contributed by atoms with Gasteiger partial charge in [-0.2, -0.15) is 0 Å². The number of urea groups is 1. The Balaban J connectivity index is 1.80. The number of carbonyl (C=O) groups is 4. The normalized spacial score (nSPS) is 15.8. The summed E-state index contributed by atoms with van der Waals surface area (Å²) in [5, 5.41) is 4.66. The Morgan fingerprint density at radius 3 is 2.44 bits per heavy atom. The van der Waals surface area contributed by atoms with E-state index in [9.17, 15) is 19.2 Å². The van der Waals surface area contributed by atoms with Gasteiger partial charge in [0.05, 0.1) is 20.1 Å². The van der Waals surface area contributed by atoms with Crippen LogP contribution in [-0.2, 0) is 25.5 Å². The van der Waals surface area contributed by atoms with Gasteiger partial charge in [-0.25, -0.2) is 4.79 Å². The van der Waals surface area contributed by atoms with Crippen molar-refractivity contribution >= 4 is 23.8 Å². The third-order valence-electron chi connectivity index (χ3n) is 4.75. The molecule has 10 heteroatoms. The second-order valence-corrected chi connectivity index (χ2v) is 8.54. The zero-order valence-electron chi connectivity index (χ0n) is 19.1. The highest BCUT2D eigenvalue weighted by Gasteiger charge is 2.35. The monoisotopic (exact) mass is 449 g/mol. The summed E-state index contributed by atoms with van der Waals surface area (Å²) in [6.45, 7) is 5.37. The van der Waals surface area contributed by atoms with Gasteiger partial charge >= 0.3 is 12.0 Å². The number of benzene rings is 1. The highest BCUT2D eigenvalue weighted by Crippen LogP contribution is 2.28. The van der Waals surface area contributed by atoms with Crippen molar-refractivity contribution < 1.29 is 33.4 Å². The van der Waals surface area contributed by atoms with Crippen LogP contribution in [0, 0.1) is 5.92 Å². The molecule has 1 fully saturated rings. The Hall–Kier alpha value is -3.30. The second-order valence-electron chi connectivity index (χ2n) is 8.54. The van der Waals surface area contributed by atoms with E-state index in [0.717, 1.165) is 5.56 Å². The molecule has 0 aliphatic carbocycles. The number of hydrogen-bond acceptors (Lipinski definition) is 7. The summed E-state index contributed by atoms with van der Waals surface area (Å²) < 4.78 is 15.5. The van der Waals surface area contributed by atoms with Gasteiger partial charge in [0.15, 0.2) is 18.1 Å². The molecule has 1 unspecified atom stereocenters. The number of likely N-dealkylation sites (tertiary alicyclic amines) is 1. The van der Waals surface area contributed by atoms with Crippen LogP contribution in [0.3, 0.4) is 0 Å². The molecule has 2 rings (SSSR count). The number of hydrogen-bond donors (Lipinski definition) is 2. The van der Waals surface area contributed by atoms with E-state index in [2.05, 4.69) is 10.6 Å². The van der Waals surface area contributed by atoms with Crippen molar-refractivity contribution in [2.75, 3.05) is 33.9 Å². The first-order valence-electron chi connectivity index (χ1n) is 10.3. The number of amides is 4. The minimum Gasteiger partial charge on any atom is -0.493 e. The lowest BCUT2D eigenvalue weighted by Gasteiger charge is -2.20. The van der Waals surface area contributed by atoms with E-state index < -0.39 is 36.0 Å². The molecule has 2 N–H and O–H groups in total. The summed E-state index contributed by atoms with van der Waals surface area (Å²) in [6.07, 6.45) is 0.607. The first-order chi connectivity index (χ1) is 15.0. The SMILES string of the molecule is COc1ccc(CCN2CC(C(=O)OCC(=O)NC(=O)NC(C)(C)C)CC2=O)cc1OC. The molecule has 0 saturated carbocycles. The van der Waals surface area contributed by atoms with Crippen LogP contribution >= 0.6 is 0 Å². The Kier molecular flexibility index (Phi) is 8.45. The summed E-state index contributed by atoms with van der Waals surface area (Å²) in [6, 6.07) is 4.87. The molecule has 10 nitrogen and oxygen atoms in total. The lowest BCUT2D eigenvalue weighted by atomic mass is 10.1. The quantitative estimate of drug-likeness (QED) is 0.573. The molecule has 0 aromatic heterocycles. The van der Waals surface area contributed by atoms with E-state index in [0.29, 0.717) is 24.5 Å². The first kappa shape index (κ1) is 25.0. The van der Waals surface area contributed by atoms with Crippen molar-refractivity contribution in [3.05, 3.63) is 23.8 Å². The maximum absolute atomic E-state index is 12.3. The predicted octanol–water partition coefficient (Wildman–Crippen LogP) is 1.26. The van der Waals surface area contributed by atoms with E-state index in [1.165, 1.54) is 0 Å². The van der Waals surface area contributed by atoms with Gasteiger partial charge in [-0.3, -0.25) is 19.7 Å². The van der Waals surface area contributed by atoms with Gasteiger partial charge in [0.1, 0.15) is 0 Å². The fraction of sp³-hybridized carbons (Fsp3) is 0.545. The van der Waals surface area contributed by atoms with E-state index in [1.54, 1.807) is 46.0 Å². The highest BCUT2D eigenvalue weighted by atomic mass is 16.5. The van der Waals surface area contributed by atoms with Crippen LogP contribution in [0.4, 0.5) is 4.79 Å². The van der Waals surface area contributed by atoms with Crippen LogP contribution < -0.4 is 20.1 Å². The van der Waals surface area contributed by atoms with Crippen LogP contribution in [-0.4, -0.2) is 68.2 Å². The third kappa shape index (κ3) is 7.44. The molecular formula is C22H31N3O7. The lowest BCUT2D eigenvalue weighted by molar-refractivity contribution is -0.152. The Morgan fingerprint density at radius 2 is 1.81 bits per heavy atom. The van der Waals surface area contributed by atoms with Gasteiger partial charge in [-0.15, -0.1) is 0 Å². The smallest absolute Gasteiger partial charge is 0.321 e. The van der Waals surface area contributed by atoms with Gasteiger partial charge < -0.3 is 24.4 Å². The van der Waals surface area contributed by atoms with Gasteiger partial charge in [0.2, 0.25) is 5.91 Å². The molecule has 1 atom stereocenters. The third-order valence-corrected chi connectivity index (χ3v) is 4.75. The van der Waals surface area contributed by atoms with E-state index in [-0.39, 0.29) is 18.9 Å². The van der Waals surface area contributed by atoms with Crippen molar-refractivity contribution in [1.82, 2.24) is 15.5 Å². The molecule has 32 heavy (non-hydrogen) atoms. The number of methoxy groups -OCH3 is 2. The van der Waals surface area contributed by atoms with E-state index >= 15 is 0 Å². The van der Waals surface area contributed by atoms with E-state index in [4.69, 9.17) is 14.2 Å². The van der Waals surface area contributed by atoms with Crippen LogP contribution in [0.15, 0.2) is 18.2 Å². The molecular weight excluding hydrogens is 418 g/mol. The molecule has 1 saturated heterocycles. The maximum Gasteiger partial charge on any atom is 0.321 e. The Bertz CT molecular complexity index is 864. The average molecular weight is 450 g/mol. The summed E-state index contributed by atoms with van der Waals surface area (Å²) in [7, 11) is 3.11. The molecule has 0 bridgehead atoms. The van der Waals surface area contributed by atoms with Crippen molar-refractivity contribution in [2.24, 2.45) is 5.92 Å². The standard InChI is InChI=1S/C22H31N3O7/c1-22(2,3)24-21(29)23-18(26)13-32-20(28)15-11-19(27)25(12-15)9-8-14-6-7-16(30-4)17(10-14)31-5/h6-7,10,15H,8-9,11-13H2,1-5H3,(H2,23,24,26,29). The van der Waals surface area contributed by atoms with Crippen molar-refractivity contribution in [2.45, 2.75) is 39.2 Å². The number of carbonyl (C=O) groups excluding carboxylic acids is 4. The predicted molar refractivity (Wildman–Crippen MR) is 115 cm³/mol. The number of nitrogens with one attached hydrogen (secondary N) is 2. The van der Waals surface area contributed by atoms with Gasteiger partial charge in [0.25, 0.3) is 5.91 Å². The van der Waals surface area contributed by atoms with Gasteiger partial charge in [0, 0.05) is 25.0 Å². The van der Waals surface area contributed by atoms with Gasteiger partial charge in [-0.05, 0) is 44.9 Å². The van der Waals surface area contributed by atoms with Crippen molar-refractivity contribution in [3.8, 4) is 11.5 Å². The topological polar surface area (TPSA) is 123 Å². The summed E-state index contributed by atoms with van der Waals surface area (Å²) in [4.78, 5) is 49.6. The Labute approximate surface area is 187 Å². The molecule has 176 valence electrons. The molecule has 1 heterocycles. The van der Waals surface area contributed by atoms with Crippen LogP contribution in [0.2, 0.25) is 0 Å². The van der Waals surface area contributed by atoms with Crippen molar-refractivity contribution in [1.29, 1.82) is 0 Å². The molecule has 0 spiro atoms. The fourth-order valence-corrected chi connectivity index (χ4v) is 3.24. The molecule has 1 aromatic rings. The summed E-state index contributed by atoms with van der Waals surface area (Å²) in [5.74, 6) is -0.955. The molecule has 4 amide bonds. The number of nitrogens with zero attached hydrogens (tertiary/aromatic N) is 1. The number of imide groups is 1. The van der Waals surface area contributed by atoms with Crippen LogP contribution in [0.1, 0.15) is 32.8 Å². The van der Waals surface area contributed by atoms with E-state index in [1.807, 2.05) is 12.1 Å². The average Bonchev–Trinajstić information content (AvgIpc) is 3.09. The molecule has 1 aromatic carbocycles. The van der Waals surface area contributed by atoms with Crippen LogP contribution in [0.25, 0.3) is 0 Å². The molecule has 1 aliphatic rings. The zero-order chi connectivity index (χ0) is 23.9. The fourth-order valence-electron chi connectivity index (χ4n) is 3.24. The van der Waals surface area contributed by atoms with Crippen LogP contribution in [0.5, 0.6) is 11.5 Å². The summed E-state index contributed by atoms with van der Waals surface area (Å²) >= 11 is 0. The minimum absolute atomic E-state index is 0.0247. The number of esters is 1. The van der Waals surface area contributed by atoms with Gasteiger partial charge in [-0.1, -0.05) is 6.07 Å². The zero-order valence-corrected chi connectivity index (χ0v) is 19.1. The maximum atomic E-state index is 12.3. The summed E-state index contributed by atoms with van der Waals surface area (Å²) in [5.41, 5.74) is 0.456. The first-order valence-corrected chi connectivity index (χ1v) is 10.3. The largest absolute Gasteiger partial charge is 0.493 e. The minimum atomic E-state index is -0.741. The van der Waals surface area contributed by atoms with Crippen molar-refractivity contribution in [3.63, 3.8) is 0 Å². The lowest BCUT2D eigenvalue weighted by Crippen LogP contribution is -2.49. The molecule has 0 radical (unpaired) electrons. The second kappa shape index (κ2) is 10.8.